The van der Waals surface area contributed by atoms with Crippen LogP contribution < -0.4 is 10.6 Å². The molecule has 2 atom stereocenters. The number of carbonyl (C=O) groups excluding carboxylic acids is 2. The first-order chi connectivity index (χ1) is 14.9. The second-order valence-electron chi connectivity index (χ2n) is 7.47. The fourth-order valence-electron chi connectivity index (χ4n) is 3.18. The number of aryl methyl sites for hydroxylation is 2. The summed E-state index contributed by atoms with van der Waals surface area (Å²) in [7, 11) is 1.82. The number of halogens is 1. The van der Waals surface area contributed by atoms with Crippen LogP contribution in [0.3, 0.4) is 0 Å². The highest BCUT2D eigenvalue weighted by Crippen LogP contribution is 2.35. The fraction of sp³-hybridized carbons (Fsp3) is 0.333. The second kappa shape index (κ2) is 8.21. The largest absolute Gasteiger partial charge is 0.337 e. The van der Waals surface area contributed by atoms with Gasteiger partial charge in [-0.2, -0.15) is 0 Å². The van der Waals surface area contributed by atoms with Crippen LogP contribution in [0.15, 0.2) is 31.0 Å². The van der Waals surface area contributed by atoms with E-state index in [-0.39, 0.29) is 18.1 Å². The third-order valence-electron chi connectivity index (χ3n) is 5.12. The minimum atomic E-state index is -1.08. The van der Waals surface area contributed by atoms with Crippen LogP contribution >= 0.6 is 0 Å². The number of pyridine rings is 1. The second-order valence-corrected chi connectivity index (χ2v) is 7.47. The minimum Gasteiger partial charge on any atom is -0.337 e. The quantitative estimate of drug-likeness (QED) is 0.561. The van der Waals surface area contributed by atoms with Crippen molar-refractivity contribution in [1.82, 2.24) is 24.5 Å². The third kappa shape index (κ3) is 4.27. The van der Waals surface area contributed by atoms with Gasteiger partial charge in [0.15, 0.2) is 11.6 Å². The Morgan fingerprint density at radius 1 is 1.23 bits per heavy atom. The number of imidazole rings is 1. The highest BCUT2D eigenvalue weighted by molar-refractivity contribution is 5.95. The summed E-state index contributed by atoms with van der Waals surface area (Å²) in [6.07, 6.45) is 4.13. The monoisotopic (exact) mass is 423 g/mol. The Labute approximate surface area is 178 Å². The number of nitrogens with one attached hydrogen (secondary N) is 2. The van der Waals surface area contributed by atoms with Crippen molar-refractivity contribution in [3.63, 3.8) is 0 Å². The van der Waals surface area contributed by atoms with Crippen LogP contribution in [0.2, 0.25) is 0 Å². The van der Waals surface area contributed by atoms with Gasteiger partial charge in [-0.15, -0.1) is 0 Å². The Kier molecular flexibility index (Phi) is 5.45. The molecule has 0 radical (unpaired) electrons. The molecule has 2 N–H and O–H groups in total. The van der Waals surface area contributed by atoms with Crippen LogP contribution in [0.25, 0.3) is 11.4 Å². The van der Waals surface area contributed by atoms with Gasteiger partial charge >= 0.3 is 0 Å². The molecule has 3 aromatic rings. The molecule has 0 spiro atoms. The molecule has 0 unspecified atom stereocenters. The SMILES string of the molecule is CCC(=O)c1cc(C)c(Nc2ncn(C)c2-c2cc(NC(=O)[C@H]3C[C@H]3F)ncn2)cn1. The van der Waals surface area contributed by atoms with E-state index >= 15 is 0 Å². The van der Waals surface area contributed by atoms with E-state index in [1.807, 2.05) is 14.0 Å². The molecule has 160 valence electrons. The number of Topliss-reactive ketones (excluding diaryl/α,β-unsaturated/α-hetero) is 1. The van der Waals surface area contributed by atoms with Crippen molar-refractivity contribution in [2.45, 2.75) is 32.9 Å². The lowest BCUT2D eigenvalue weighted by Gasteiger charge is -2.11. The van der Waals surface area contributed by atoms with Gasteiger partial charge in [0.2, 0.25) is 5.91 Å². The van der Waals surface area contributed by atoms with Crippen LogP contribution in [0.1, 0.15) is 35.8 Å². The summed E-state index contributed by atoms with van der Waals surface area (Å²) >= 11 is 0. The van der Waals surface area contributed by atoms with Gasteiger partial charge in [-0.25, -0.2) is 19.3 Å². The van der Waals surface area contributed by atoms with E-state index in [1.165, 1.54) is 6.33 Å². The number of anilines is 3. The Bertz CT molecular complexity index is 1160. The predicted octanol–water partition coefficient (Wildman–Crippen LogP) is 3.21. The van der Waals surface area contributed by atoms with E-state index in [0.717, 1.165) is 5.56 Å². The number of hydrogen-bond acceptors (Lipinski definition) is 7. The molecule has 1 amide bonds. The number of ketones is 1. The number of amides is 1. The molecule has 0 aliphatic heterocycles. The molecule has 31 heavy (non-hydrogen) atoms. The van der Waals surface area contributed by atoms with Gasteiger partial charge in [0.1, 0.15) is 29.7 Å². The topological polar surface area (TPSA) is 115 Å². The van der Waals surface area contributed by atoms with Crippen LogP contribution in [0.5, 0.6) is 0 Å². The third-order valence-corrected chi connectivity index (χ3v) is 5.12. The van der Waals surface area contributed by atoms with Gasteiger partial charge in [0.05, 0.1) is 29.8 Å². The minimum absolute atomic E-state index is 0.0194. The normalized spacial score (nSPS) is 17.3. The van der Waals surface area contributed by atoms with Crippen LogP contribution in [-0.2, 0) is 11.8 Å². The van der Waals surface area contributed by atoms with Crippen LogP contribution in [0, 0.1) is 12.8 Å². The van der Waals surface area contributed by atoms with Gasteiger partial charge in [-0.05, 0) is 25.0 Å². The average molecular weight is 423 g/mol. The summed E-state index contributed by atoms with van der Waals surface area (Å²) in [6, 6.07) is 3.36. The van der Waals surface area contributed by atoms with Gasteiger partial charge in [0.25, 0.3) is 0 Å². The summed E-state index contributed by atoms with van der Waals surface area (Å²) in [5.74, 6) is -0.186. The van der Waals surface area contributed by atoms with E-state index in [1.54, 1.807) is 36.1 Å². The summed E-state index contributed by atoms with van der Waals surface area (Å²) in [6.45, 7) is 3.68. The maximum absolute atomic E-state index is 13.1. The molecule has 0 bridgehead atoms. The van der Waals surface area contributed by atoms with Gasteiger partial charge < -0.3 is 15.2 Å². The van der Waals surface area contributed by atoms with Crippen molar-refractivity contribution in [2.24, 2.45) is 13.0 Å². The van der Waals surface area contributed by atoms with E-state index in [9.17, 15) is 14.0 Å². The number of hydrogen-bond donors (Lipinski definition) is 2. The Morgan fingerprint density at radius 2 is 2.00 bits per heavy atom. The average Bonchev–Trinajstić information content (AvgIpc) is 3.38. The highest BCUT2D eigenvalue weighted by atomic mass is 19.1. The summed E-state index contributed by atoms with van der Waals surface area (Å²) in [4.78, 5) is 40.9. The Hall–Kier alpha value is -3.69. The van der Waals surface area contributed by atoms with Crippen LogP contribution in [0.4, 0.5) is 21.7 Å². The number of alkyl halides is 1. The molecule has 0 saturated heterocycles. The molecule has 1 aliphatic carbocycles. The van der Waals surface area contributed by atoms with E-state index < -0.39 is 12.1 Å². The molecule has 1 aliphatic rings. The zero-order valence-electron chi connectivity index (χ0n) is 17.4. The molecular weight excluding hydrogens is 401 g/mol. The van der Waals surface area contributed by atoms with Gasteiger partial charge in [-0.1, -0.05) is 6.92 Å². The first kappa shape index (κ1) is 20.6. The molecule has 1 saturated carbocycles. The first-order valence-electron chi connectivity index (χ1n) is 9.93. The molecule has 3 aromatic heterocycles. The number of carbonyl (C=O) groups is 2. The Morgan fingerprint density at radius 3 is 2.68 bits per heavy atom. The fourth-order valence-corrected chi connectivity index (χ4v) is 3.18. The number of aromatic nitrogens is 5. The maximum atomic E-state index is 13.1. The van der Waals surface area contributed by atoms with Crippen molar-refractivity contribution < 1.29 is 14.0 Å². The molecule has 10 heteroatoms. The van der Waals surface area contributed by atoms with Crippen LogP contribution in [-0.4, -0.2) is 42.4 Å². The smallest absolute Gasteiger partial charge is 0.231 e. The molecule has 0 aromatic carbocycles. The highest BCUT2D eigenvalue weighted by Gasteiger charge is 2.43. The molecule has 9 nitrogen and oxygen atoms in total. The standard InChI is InChI=1S/C21H22FN7O2/c1-4-17(30)14-5-11(2)16(8-23-14)27-20-19(29(3)10-26-20)15-7-18(25-9-24-15)28-21(31)12-6-13(12)22/h5,7-10,12-13,27H,4,6H2,1-3H3,(H,24,25,28,31)/t12-,13+/m0/s1. The summed E-state index contributed by atoms with van der Waals surface area (Å²) in [5.41, 5.74) is 3.18. The number of nitrogens with zero attached hydrogens (tertiary/aromatic N) is 5. The lowest BCUT2D eigenvalue weighted by atomic mass is 10.1. The lowest BCUT2D eigenvalue weighted by Crippen LogP contribution is -2.16. The van der Waals surface area contributed by atoms with E-state index in [4.69, 9.17) is 0 Å². The zero-order valence-corrected chi connectivity index (χ0v) is 17.4. The Balaban J connectivity index is 1.59. The maximum Gasteiger partial charge on any atom is 0.231 e. The number of rotatable bonds is 7. The van der Waals surface area contributed by atoms with Crippen molar-refractivity contribution in [1.29, 1.82) is 0 Å². The summed E-state index contributed by atoms with van der Waals surface area (Å²) in [5, 5.41) is 5.87. The molecular formula is C21H22FN7O2. The molecule has 3 heterocycles. The van der Waals surface area contributed by atoms with Crippen molar-refractivity contribution in [3.05, 3.63) is 42.2 Å². The van der Waals surface area contributed by atoms with Crippen molar-refractivity contribution >= 4 is 29.0 Å². The molecule has 1 fully saturated rings. The summed E-state index contributed by atoms with van der Waals surface area (Å²) < 4.78 is 14.9. The predicted molar refractivity (Wildman–Crippen MR) is 113 cm³/mol. The molecule has 4 rings (SSSR count). The first-order valence-corrected chi connectivity index (χ1v) is 9.93. The zero-order chi connectivity index (χ0) is 22.1. The van der Waals surface area contributed by atoms with Gasteiger partial charge in [-0.3, -0.25) is 14.6 Å². The van der Waals surface area contributed by atoms with Crippen molar-refractivity contribution in [3.8, 4) is 11.4 Å². The van der Waals surface area contributed by atoms with Gasteiger partial charge in [0, 0.05) is 19.5 Å². The van der Waals surface area contributed by atoms with Crippen molar-refractivity contribution in [2.75, 3.05) is 10.6 Å². The van der Waals surface area contributed by atoms with E-state index in [0.29, 0.717) is 40.8 Å². The van der Waals surface area contributed by atoms with E-state index in [2.05, 4.69) is 30.6 Å². The lowest BCUT2D eigenvalue weighted by molar-refractivity contribution is -0.117.